The Balaban J connectivity index is 1.17. The minimum atomic E-state index is -0.606. The lowest BCUT2D eigenvalue weighted by Crippen LogP contribution is -2.33. The number of benzene rings is 1. The van der Waals surface area contributed by atoms with Gasteiger partial charge < -0.3 is 15.4 Å². The summed E-state index contributed by atoms with van der Waals surface area (Å²) >= 11 is 0. The summed E-state index contributed by atoms with van der Waals surface area (Å²) in [5.74, 6) is 1.04. The number of likely N-dealkylation sites (tertiary alicyclic amines) is 1. The largest absolute Gasteiger partial charge is 0.474 e. The lowest BCUT2D eigenvalue weighted by Gasteiger charge is -2.22. The highest BCUT2D eigenvalue weighted by Gasteiger charge is 2.59. The smallest absolute Gasteiger partial charge is 0.257 e. The maximum Gasteiger partial charge on any atom is 0.257 e. The highest BCUT2D eigenvalue weighted by Crippen LogP contribution is 2.48. The van der Waals surface area contributed by atoms with Gasteiger partial charge in [0.05, 0.1) is 17.0 Å². The van der Waals surface area contributed by atoms with Crippen molar-refractivity contribution in [2.75, 3.05) is 13.1 Å². The lowest BCUT2D eigenvalue weighted by atomic mass is 9.95. The van der Waals surface area contributed by atoms with Crippen molar-refractivity contribution in [1.29, 1.82) is 0 Å². The van der Waals surface area contributed by atoms with Crippen LogP contribution in [0.1, 0.15) is 42.4 Å². The number of piperidine rings is 1. The van der Waals surface area contributed by atoms with Crippen LogP contribution in [0.4, 0.5) is 4.39 Å². The molecule has 0 bridgehead atoms. The molecule has 4 heterocycles. The molecule has 2 fully saturated rings. The lowest BCUT2D eigenvalue weighted by molar-refractivity contribution is 0.0750. The van der Waals surface area contributed by atoms with E-state index in [1.165, 1.54) is 12.1 Å². The second-order valence-electron chi connectivity index (χ2n) is 10.8. The van der Waals surface area contributed by atoms with Gasteiger partial charge in [0, 0.05) is 60.7 Å². The predicted octanol–water partition coefficient (Wildman–Crippen LogP) is 3.77. The van der Waals surface area contributed by atoms with Gasteiger partial charge in [-0.15, -0.1) is 0 Å². The fourth-order valence-electron chi connectivity index (χ4n) is 5.19. The molecule has 1 saturated heterocycles. The van der Waals surface area contributed by atoms with E-state index in [0.717, 1.165) is 16.8 Å². The van der Waals surface area contributed by atoms with E-state index < -0.39 is 5.54 Å². The summed E-state index contributed by atoms with van der Waals surface area (Å²) < 4.78 is 21.4. The number of aryl methyl sites for hydroxylation is 1. The molecule has 1 aliphatic heterocycles. The SMILES string of the molecule is CCc1nn(-c2ncccn2)cc1C(=O)N1C[C@@H]2C(Oc3cc(C(C)(C)N)cc(-c4ccc(F)cc4)n3)[C@@H]2C1. The highest BCUT2D eigenvalue weighted by atomic mass is 19.1. The van der Waals surface area contributed by atoms with E-state index in [2.05, 4.69) is 15.1 Å². The first-order chi connectivity index (χ1) is 18.7. The van der Waals surface area contributed by atoms with Gasteiger partial charge in [0.15, 0.2) is 0 Å². The van der Waals surface area contributed by atoms with Crippen molar-refractivity contribution in [1.82, 2.24) is 29.6 Å². The number of hydrogen-bond donors (Lipinski definition) is 1. The van der Waals surface area contributed by atoms with Crippen molar-refractivity contribution in [3.63, 3.8) is 0 Å². The highest BCUT2D eigenvalue weighted by molar-refractivity contribution is 5.95. The van der Waals surface area contributed by atoms with Gasteiger partial charge in [0.25, 0.3) is 5.91 Å². The Hall–Kier alpha value is -4.18. The van der Waals surface area contributed by atoms with Crippen LogP contribution in [0.25, 0.3) is 17.2 Å². The van der Waals surface area contributed by atoms with Gasteiger partial charge in [-0.2, -0.15) is 5.10 Å². The van der Waals surface area contributed by atoms with Gasteiger partial charge in [-0.05, 0) is 62.2 Å². The van der Waals surface area contributed by atoms with Crippen molar-refractivity contribution in [2.24, 2.45) is 17.6 Å². The Bertz CT molecular complexity index is 1500. The molecule has 6 rings (SSSR count). The number of nitrogens with two attached hydrogens (primary N) is 1. The first-order valence-electron chi connectivity index (χ1n) is 13.1. The zero-order valence-electron chi connectivity index (χ0n) is 22.1. The summed E-state index contributed by atoms with van der Waals surface area (Å²) in [6, 6.07) is 11.7. The van der Waals surface area contributed by atoms with E-state index in [-0.39, 0.29) is 29.7 Å². The maximum atomic E-state index is 13.5. The van der Waals surface area contributed by atoms with Crippen molar-refractivity contribution in [3.05, 3.63) is 83.7 Å². The van der Waals surface area contributed by atoms with Gasteiger partial charge in [-0.1, -0.05) is 6.92 Å². The number of ether oxygens (including phenoxy) is 1. The molecule has 3 atom stereocenters. The molecule has 200 valence electrons. The fraction of sp³-hybridized carbons (Fsp3) is 0.345. The molecule has 39 heavy (non-hydrogen) atoms. The van der Waals surface area contributed by atoms with E-state index in [4.69, 9.17) is 15.5 Å². The normalized spacial score (nSPS) is 20.1. The third kappa shape index (κ3) is 4.87. The van der Waals surface area contributed by atoms with Crippen LogP contribution in [0.15, 0.2) is 61.1 Å². The van der Waals surface area contributed by atoms with Gasteiger partial charge in [-0.25, -0.2) is 24.0 Å². The third-order valence-corrected chi connectivity index (χ3v) is 7.46. The van der Waals surface area contributed by atoms with Crippen molar-refractivity contribution in [2.45, 2.75) is 38.8 Å². The first-order valence-corrected chi connectivity index (χ1v) is 13.1. The number of fused-ring (bicyclic) bond motifs is 1. The average molecular weight is 528 g/mol. The molecule has 1 amide bonds. The number of halogens is 1. The van der Waals surface area contributed by atoms with Crippen molar-refractivity contribution >= 4 is 5.91 Å². The second kappa shape index (κ2) is 9.53. The van der Waals surface area contributed by atoms with Gasteiger partial charge >= 0.3 is 0 Å². The predicted molar refractivity (Wildman–Crippen MR) is 143 cm³/mol. The third-order valence-electron chi connectivity index (χ3n) is 7.46. The Morgan fingerprint density at radius 1 is 1.13 bits per heavy atom. The number of nitrogens with zero attached hydrogens (tertiary/aromatic N) is 6. The zero-order valence-corrected chi connectivity index (χ0v) is 22.1. The molecular formula is C29H30FN7O2. The number of amides is 1. The molecule has 2 aliphatic rings. The van der Waals surface area contributed by atoms with Gasteiger partial charge in [0.2, 0.25) is 11.8 Å². The number of aromatic nitrogens is 5. The number of carbonyl (C=O) groups excluding carboxylic acids is 1. The minimum Gasteiger partial charge on any atom is -0.474 e. The molecule has 9 nitrogen and oxygen atoms in total. The summed E-state index contributed by atoms with van der Waals surface area (Å²) in [7, 11) is 0. The van der Waals surface area contributed by atoms with Crippen LogP contribution >= 0.6 is 0 Å². The van der Waals surface area contributed by atoms with Crippen LogP contribution in [-0.4, -0.2) is 54.7 Å². The van der Waals surface area contributed by atoms with Crippen molar-refractivity contribution < 1.29 is 13.9 Å². The summed E-state index contributed by atoms with van der Waals surface area (Å²) in [6.45, 7) is 7.04. The van der Waals surface area contributed by atoms with Crippen LogP contribution < -0.4 is 10.5 Å². The summed E-state index contributed by atoms with van der Waals surface area (Å²) in [6.07, 6.45) is 5.61. The first kappa shape index (κ1) is 25.1. The van der Waals surface area contributed by atoms with E-state index in [9.17, 15) is 9.18 Å². The average Bonchev–Trinajstić information content (AvgIpc) is 3.28. The quantitative estimate of drug-likeness (QED) is 0.389. The van der Waals surface area contributed by atoms with Crippen LogP contribution in [0.2, 0.25) is 0 Å². The fourth-order valence-corrected chi connectivity index (χ4v) is 5.19. The zero-order chi connectivity index (χ0) is 27.3. The number of hydrogen-bond acceptors (Lipinski definition) is 7. The van der Waals surface area contributed by atoms with Crippen LogP contribution in [0, 0.1) is 17.7 Å². The molecular weight excluding hydrogens is 497 g/mol. The molecule has 0 spiro atoms. The molecule has 3 aromatic heterocycles. The molecule has 2 N–H and O–H groups in total. The Labute approximate surface area is 225 Å². The van der Waals surface area contributed by atoms with Crippen LogP contribution in [0.5, 0.6) is 5.88 Å². The van der Waals surface area contributed by atoms with Crippen LogP contribution in [0.3, 0.4) is 0 Å². The number of carbonyl (C=O) groups is 1. The molecule has 1 aliphatic carbocycles. The summed E-state index contributed by atoms with van der Waals surface area (Å²) in [5, 5.41) is 4.54. The molecule has 4 aromatic rings. The standard InChI is InChI=1S/C29H30FN7O2/c1-4-23-22(16-37(35-23)28-32-10-5-11-33-28)27(38)36-14-20-21(15-36)26(20)39-25-13-18(29(2,3)31)12-24(34-25)17-6-8-19(30)9-7-17/h5-13,16,20-21,26H,4,14-15,31H2,1-3H3/t20-,21+,26?. The Morgan fingerprint density at radius 2 is 1.82 bits per heavy atom. The van der Waals surface area contributed by atoms with Gasteiger partial charge in [-0.3, -0.25) is 4.79 Å². The Morgan fingerprint density at radius 3 is 2.46 bits per heavy atom. The minimum absolute atomic E-state index is 0.0233. The maximum absolute atomic E-state index is 13.5. The topological polar surface area (TPSA) is 112 Å². The molecule has 0 radical (unpaired) electrons. The Kier molecular flexibility index (Phi) is 6.14. The van der Waals surface area contributed by atoms with E-state index >= 15 is 0 Å². The van der Waals surface area contributed by atoms with Crippen LogP contribution in [-0.2, 0) is 12.0 Å². The number of rotatable bonds is 7. The molecule has 1 aromatic carbocycles. The van der Waals surface area contributed by atoms with E-state index in [0.29, 0.717) is 42.6 Å². The van der Waals surface area contributed by atoms with E-state index in [1.54, 1.807) is 41.5 Å². The van der Waals surface area contributed by atoms with Gasteiger partial charge in [0.1, 0.15) is 11.9 Å². The molecule has 1 unspecified atom stereocenters. The molecule has 10 heteroatoms. The second-order valence-corrected chi connectivity index (χ2v) is 10.8. The van der Waals surface area contributed by atoms with Crippen molar-refractivity contribution in [3.8, 4) is 23.1 Å². The summed E-state index contributed by atoms with van der Waals surface area (Å²) in [5.41, 5.74) is 9.43. The monoisotopic (exact) mass is 527 g/mol. The van der Waals surface area contributed by atoms with E-state index in [1.807, 2.05) is 37.8 Å². The number of pyridine rings is 1. The summed E-state index contributed by atoms with van der Waals surface area (Å²) in [4.78, 5) is 28.5. The molecule has 1 saturated carbocycles.